The van der Waals surface area contributed by atoms with E-state index in [1.165, 1.54) is 20.1 Å². The summed E-state index contributed by atoms with van der Waals surface area (Å²) in [6.07, 6.45) is -0.857. The summed E-state index contributed by atoms with van der Waals surface area (Å²) in [6.45, 7) is 1.51. The van der Waals surface area contributed by atoms with Gasteiger partial charge in [0.25, 0.3) is 0 Å². The summed E-state index contributed by atoms with van der Waals surface area (Å²) in [5.74, 6) is -0.0251. The lowest BCUT2D eigenvalue weighted by Crippen LogP contribution is -2.01. The number of rotatable bonds is 2. The first-order valence-corrected chi connectivity index (χ1v) is 4.85. The van der Waals surface area contributed by atoms with Crippen LogP contribution < -0.4 is 4.74 Å². The average Bonchev–Trinajstić information content (AvgIpc) is 2.07. The smallest absolute Gasteiger partial charge is 0.140 e. The van der Waals surface area contributed by atoms with Gasteiger partial charge in [-0.3, -0.25) is 0 Å². The molecule has 1 rings (SSSR count). The average molecular weight is 296 g/mol. The third-order valence-corrected chi connectivity index (χ3v) is 2.57. The number of benzene rings is 1. The van der Waals surface area contributed by atoms with Crippen molar-refractivity contribution in [2.45, 2.75) is 13.0 Å². The number of ether oxygens (including phenoxy) is 1. The van der Waals surface area contributed by atoms with Gasteiger partial charge in [0.1, 0.15) is 11.6 Å². The van der Waals surface area contributed by atoms with Crippen LogP contribution in [0.2, 0.25) is 0 Å². The van der Waals surface area contributed by atoms with E-state index in [0.29, 0.717) is 5.75 Å². The van der Waals surface area contributed by atoms with Crippen molar-refractivity contribution < 1.29 is 14.2 Å². The molecule has 1 aromatic rings. The minimum Gasteiger partial charge on any atom is -0.495 e. The second kappa shape index (κ2) is 4.23. The molecule has 0 saturated heterocycles. The van der Waals surface area contributed by atoms with Gasteiger partial charge in [-0.1, -0.05) is 0 Å². The molecule has 0 aliphatic heterocycles. The molecule has 0 aliphatic rings. The molecule has 13 heavy (non-hydrogen) atoms. The van der Waals surface area contributed by atoms with Crippen LogP contribution in [0.1, 0.15) is 18.6 Å². The van der Waals surface area contributed by atoms with E-state index in [1.807, 2.05) is 22.6 Å². The van der Waals surface area contributed by atoms with E-state index in [4.69, 9.17) is 4.74 Å². The van der Waals surface area contributed by atoms with Crippen LogP contribution >= 0.6 is 22.6 Å². The van der Waals surface area contributed by atoms with E-state index in [2.05, 4.69) is 0 Å². The number of aliphatic hydroxyl groups is 1. The Hall–Kier alpha value is -0.360. The topological polar surface area (TPSA) is 29.5 Å². The molecule has 2 nitrogen and oxygen atoms in total. The van der Waals surface area contributed by atoms with Crippen molar-refractivity contribution in [2.75, 3.05) is 7.11 Å². The fourth-order valence-corrected chi connectivity index (χ4v) is 1.84. The Balaban J connectivity index is 3.35. The molecule has 1 N–H and O–H groups in total. The lowest BCUT2D eigenvalue weighted by molar-refractivity contribution is 0.188. The van der Waals surface area contributed by atoms with Gasteiger partial charge in [0.15, 0.2) is 0 Å². The third-order valence-electron chi connectivity index (χ3n) is 1.72. The molecule has 0 heterocycles. The zero-order valence-electron chi connectivity index (χ0n) is 7.34. The zero-order valence-corrected chi connectivity index (χ0v) is 9.50. The van der Waals surface area contributed by atoms with Gasteiger partial charge in [0.05, 0.1) is 22.3 Å². The van der Waals surface area contributed by atoms with Crippen LogP contribution in [0.5, 0.6) is 5.75 Å². The maximum absolute atomic E-state index is 13.2. The highest BCUT2D eigenvalue weighted by atomic mass is 127. The summed E-state index contributed by atoms with van der Waals surface area (Å²) in [7, 11) is 1.46. The summed E-state index contributed by atoms with van der Waals surface area (Å²) < 4.78 is 19.0. The minimum atomic E-state index is -0.857. The highest BCUT2D eigenvalue weighted by molar-refractivity contribution is 14.1. The van der Waals surface area contributed by atoms with Crippen molar-refractivity contribution in [3.05, 3.63) is 27.1 Å². The van der Waals surface area contributed by atoms with Gasteiger partial charge in [-0.2, -0.15) is 0 Å². The van der Waals surface area contributed by atoms with Gasteiger partial charge in [0.2, 0.25) is 0 Å². The fourth-order valence-electron chi connectivity index (χ4n) is 1.15. The van der Waals surface area contributed by atoms with Gasteiger partial charge in [-0.25, -0.2) is 4.39 Å². The number of hydrogen-bond acceptors (Lipinski definition) is 2. The molecule has 0 fully saturated rings. The van der Waals surface area contributed by atoms with Crippen LogP contribution in [0.4, 0.5) is 4.39 Å². The van der Waals surface area contributed by atoms with Crippen LogP contribution in [0.25, 0.3) is 0 Å². The number of halogens is 2. The molecule has 72 valence electrons. The summed E-state index contributed by atoms with van der Waals surface area (Å²) >= 11 is 2.03. The second-order valence-electron chi connectivity index (χ2n) is 2.65. The van der Waals surface area contributed by atoms with E-state index in [-0.39, 0.29) is 5.56 Å². The predicted octanol–water partition coefficient (Wildman–Crippen LogP) is 2.49. The number of aliphatic hydroxyl groups excluding tert-OH is 1. The van der Waals surface area contributed by atoms with Gasteiger partial charge in [-0.15, -0.1) is 0 Å². The highest BCUT2D eigenvalue weighted by Crippen LogP contribution is 2.32. The van der Waals surface area contributed by atoms with E-state index < -0.39 is 11.9 Å². The summed E-state index contributed by atoms with van der Waals surface area (Å²) in [6, 6.07) is 2.94. The molecule has 0 amide bonds. The summed E-state index contributed by atoms with van der Waals surface area (Å²) in [4.78, 5) is 0. The Labute approximate surface area is 89.9 Å². The number of hydrogen-bond donors (Lipinski definition) is 1. The predicted molar refractivity (Wildman–Crippen MR) is 56.3 cm³/mol. The monoisotopic (exact) mass is 296 g/mol. The molecular weight excluding hydrogens is 286 g/mol. The normalized spacial score (nSPS) is 12.7. The van der Waals surface area contributed by atoms with Crippen LogP contribution in [-0.2, 0) is 0 Å². The molecule has 1 unspecified atom stereocenters. The highest BCUT2D eigenvalue weighted by Gasteiger charge is 2.16. The minimum absolute atomic E-state index is 0.217. The first-order valence-electron chi connectivity index (χ1n) is 3.78. The molecule has 0 spiro atoms. The molecule has 0 radical (unpaired) electrons. The van der Waals surface area contributed by atoms with Crippen molar-refractivity contribution in [1.29, 1.82) is 0 Å². The SMILES string of the molecule is COc1c(I)ccc(F)c1C(C)O. The van der Waals surface area contributed by atoms with Crippen LogP contribution in [0.3, 0.4) is 0 Å². The summed E-state index contributed by atoms with van der Waals surface area (Å²) in [5.41, 5.74) is 0.217. The molecule has 0 bridgehead atoms. The van der Waals surface area contributed by atoms with Crippen molar-refractivity contribution >= 4 is 22.6 Å². The molecule has 1 atom stereocenters. The van der Waals surface area contributed by atoms with Gasteiger partial charge in [0, 0.05) is 0 Å². The Morgan fingerprint density at radius 1 is 1.54 bits per heavy atom. The maximum Gasteiger partial charge on any atom is 0.140 e. The fraction of sp³-hybridized carbons (Fsp3) is 0.333. The molecule has 0 aliphatic carbocycles. The zero-order chi connectivity index (χ0) is 10.0. The van der Waals surface area contributed by atoms with Gasteiger partial charge in [-0.05, 0) is 41.6 Å². The van der Waals surface area contributed by atoms with Gasteiger partial charge < -0.3 is 9.84 Å². The molecule has 0 aromatic heterocycles. The third kappa shape index (κ3) is 2.11. The molecule has 0 saturated carbocycles. The molecule has 1 aromatic carbocycles. The second-order valence-corrected chi connectivity index (χ2v) is 3.81. The van der Waals surface area contributed by atoms with Crippen LogP contribution in [-0.4, -0.2) is 12.2 Å². The largest absolute Gasteiger partial charge is 0.495 e. The van der Waals surface area contributed by atoms with E-state index in [0.717, 1.165) is 3.57 Å². The van der Waals surface area contributed by atoms with Crippen molar-refractivity contribution in [3.63, 3.8) is 0 Å². The van der Waals surface area contributed by atoms with Crippen LogP contribution in [0.15, 0.2) is 12.1 Å². The standard InChI is InChI=1S/C9H10FIO2/c1-5(12)8-6(10)3-4-7(11)9(8)13-2/h3-5,12H,1-2H3. The molecule has 4 heteroatoms. The lowest BCUT2D eigenvalue weighted by atomic mass is 10.1. The quantitative estimate of drug-likeness (QED) is 0.850. The first kappa shape index (κ1) is 10.7. The number of methoxy groups -OCH3 is 1. The Morgan fingerprint density at radius 2 is 2.15 bits per heavy atom. The lowest BCUT2D eigenvalue weighted by Gasteiger charge is -2.13. The van der Waals surface area contributed by atoms with Crippen molar-refractivity contribution in [2.24, 2.45) is 0 Å². The Bertz CT molecular complexity index is 313. The van der Waals surface area contributed by atoms with E-state index in [1.54, 1.807) is 6.07 Å². The molecular formula is C9H10FIO2. The van der Waals surface area contributed by atoms with Crippen LogP contribution in [0, 0.1) is 9.39 Å². The first-order chi connectivity index (χ1) is 6.07. The van der Waals surface area contributed by atoms with Crippen molar-refractivity contribution in [3.8, 4) is 5.75 Å². The maximum atomic E-state index is 13.2. The van der Waals surface area contributed by atoms with Crippen molar-refractivity contribution in [1.82, 2.24) is 0 Å². The van der Waals surface area contributed by atoms with E-state index >= 15 is 0 Å². The Kier molecular flexibility index (Phi) is 3.49. The van der Waals surface area contributed by atoms with E-state index in [9.17, 15) is 9.50 Å². The summed E-state index contributed by atoms with van der Waals surface area (Å²) in [5, 5.41) is 9.32. The Morgan fingerprint density at radius 3 is 2.54 bits per heavy atom. The van der Waals surface area contributed by atoms with Gasteiger partial charge >= 0.3 is 0 Å².